The molecule has 0 spiro atoms. The van der Waals surface area contributed by atoms with Gasteiger partial charge in [0.25, 0.3) is 0 Å². The van der Waals surface area contributed by atoms with E-state index < -0.39 is 0 Å². The highest BCUT2D eigenvalue weighted by Gasteiger charge is 2.15. The minimum atomic E-state index is -0.335. The second kappa shape index (κ2) is 4.47. The second-order valence-electron chi connectivity index (χ2n) is 3.96. The summed E-state index contributed by atoms with van der Waals surface area (Å²) in [6.07, 6.45) is 2.94. The van der Waals surface area contributed by atoms with Crippen LogP contribution in [0.25, 0.3) is 5.65 Å². The quantitative estimate of drug-likeness (QED) is 0.735. The molecule has 0 aliphatic carbocycles. The van der Waals surface area contributed by atoms with Crippen molar-refractivity contribution in [2.75, 3.05) is 0 Å². The van der Waals surface area contributed by atoms with E-state index in [1.165, 1.54) is 16.8 Å². The fraction of sp³-hybridized carbons (Fsp3) is 0. The lowest BCUT2D eigenvalue weighted by Crippen LogP contribution is -2.14. The van der Waals surface area contributed by atoms with E-state index in [1.54, 1.807) is 24.3 Å². The monoisotopic (exact) mass is 317 g/mol. The van der Waals surface area contributed by atoms with Gasteiger partial charge in [0.2, 0.25) is 5.78 Å². The normalized spacial score (nSPS) is 10.8. The molecule has 1 N–H and O–H groups in total. The van der Waals surface area contributed by atoms with Crippen LogP contribution in [0.4, 0.5) is 0 Å². The van der Waals surface area contributed by atoms with E-state index >= 15 is 0 Å². The Bertz CT molecular complexity index is 821. The number of aromatic amines is 1. The number of imidazole rings is 1. The summed E-state index contributed by atoms with van der Waals surface area (Å²) in [6, 6.07) is 8.83. The average molecular weight is 318 g/mol. The number of nitrogens with one attached hydrogen (secondary N) is 1. The van der Waals surface area contributed by atoms with Crippen molar-refractivity contribution in [3.63, 3.8) is 0 Å². The van der Waals surface area contributed by atoms with Crippen LogP contribution in [-0.2, 0) is 0 Å². The van der Waals surface area contributed by atoms with Gasteiger partial charge >= 0.3 is 5.69 Å². The molecule has 0 aliphatic rings. The average Bonchev–Trinajstić information content (AvgIpc) is 2.89. The highest BCUT2D eigenvalue weighted by atomic mass is 79.9. The number of ketones is 1. The predicted molar refractivity (Wildman–Crippen MR) is 73.4 cm³/mol. The number of fused-ring (bicyclic) bond motifs is 1. The number of carbonyl (C=O) groups excluding carboxylic acids is 1. The fourth-order valence-electron chi connectivity index (χ4n) is 1.81. The van der Waals surface area contributed by atoms with Crippen LogP contribution in [0.2, 0.25) is 0 Å². The van der Waals surface area contributed by atoms with Crippen molar-refractivity contribution in [3.05, 3.63) is 68.9 Å². The van der Waals surface area contributed by atoms with Gasteiger partial charge in [-0.25, -0.2) is 14.2 Å². The molecular formula is C13H8BrN3O2. The third kappa shape index (κ3) is 2.00. The molecule has 6 heteroatoms. The van der Waals surface area contributed by atoms with Gasteiger partial charge in [-0.05, 0) is 15.9 Å². The molecule has 0 saturated heterocycles. The number of H-pyrrole nitrogens is 1. The van der Waals surface area contributed by atoms with Gasteiger partial charge in [-0.3, -0.25) is 4.79 Å². The molecule has 3 aromatic rings. The summed E-state index contributed by atoms with van der Waals surface area (Å²) >= 11 is 3.28. The van der Waals surface area contributed by atoms with Gasteiger partial charge in [-0.15, -0.1) is 0 Å². The largest absolute Gasteiger partial charge is 0.331 e. The van der Waals surface area contributed by atoms with Crippen LogP contribution in [0, 0.1) is 0 Å². The van der Waals surface area contributed by atoms with Gasteiger partial charge in [0, 0.05) is 18.0 Å². The maximum Gasteiger partial charge on any atom is 0.331 e. The van der Waals surface area contributed by atoms with Gasteiger partial charge in [0.15, 0.2) is 5.65 Å². The summed E-state index contributed by atoms with van der Waals surface area (Å²) in [5, 5.41) is 0. The van der Waals surface area contributed by atoms with E-state index in [0.717, 1.165) is 0 Å². The highest BCUT2D eigenvalue weighted by Crippen LogP contribution is 2.16. The van der Waals surface area contributed by atoms with E-state index in [9.17, 15) is 9.59 Å². The molecule has 2 aromatic heterocycles. The maximum absolute atomic E-state index is 12.2. The fourth-order valence-corrected chi connectivity index (χ4v) is 2.20. The Balaban J connectivity index is 2.17. The minimum absolute atomic E-state index is 0.212. The zero-order chi connectivity index (χ0) is 13.4. The molecule has 0 radical (unpaired) electrons. The van der Waals surface area contributed by atoms with Crippen LogP contribution in [-0.4, -0.2) is 20.2 Å². The van der Waals surface area contributed by atoms with E-state index in [4.69, 9.17) is 0 Å². The molecule has 94 valence electrons. The molecule has 0 bridgehead atoms. The molecule has 19 heavy (non-hydrogen) atoms. The van der Waals surface area contributed by atoms with Crippen molar-refractivity contribution in [3.8, 4) is 0 Å². The van der Waals surface area contributed by atoms with Crippen molar-refractivity contribution in [2.45, 2.75) is 0 Å². The predicted octanol–water partition coefficient (Wildman–Crippen LogP) is 2.02. The number of nitrogens with zero attached hydrogens (tertiary/aromatic N) is 2. The molecule has 0 amide bonds. The summed E-state index contributed by atoms with van der Waals surface area (Å²) in [5.41, 5.74) is 0.864. The zero-order valence-electron chi connectivity index (χ0n) is 9.63. The van der Waals surface area contributed by atoms with Crippen molar-refractivity contribution in [1.29, 1.82) is 0 Å². The standard InChI is InChI=1S/C13H8BrN3O2/c14-9-6-15-13(19)17-7-10(16-12(9)17)11(18)8-4-2-1-3-5-8/h1-7H,(H,15,19). The summed E-state index contributed by atoms with van der Waals surface area (Å²) in [7, 11) is 0. The first-order valence-corrected chi connectivity index (χ1v) is 6.32. The molecule has 2 heterocycles. The lowest BCUT2D eigenvalue weighted by atomic mass is 10.1. The number of carbonyl (C=O) groups is 1. The molecule has 0 unspecified atom stereocenters. The van der Waals surface area contributed by atoms with Crippen LogP contribution in [0.15, 0.2) is 52.0 Å². The number of halogens is 1. The molecule has 0 aliphatic heterocycles. The second-order valence-corrected chi connectivity index (χ2v) is 4.81. The smallest absolute Gasteiger partial charge is 0.313 e. The van der Waals surface area contributed by atoms with Gasteiger partial charge in [0.05, 0.1) is 4.47 Å². The lowest BCUT2D eigenvalue weighted by molar-refractivity contribution is 0.103. The van der Waals surface area contributed by atoms with Gasteiger partial charge in [0.1, 0.15) is 5.69 Å². The Hall–Kier alpha value is -2.21. The number of rotatable bonds is 2. The first-order chi connectivity index (χ1) is 9.16. The first-order valence-electron chi connectivity index (χ1n) is 5.53. The van der Waals surface area contributed by atoms with Crippen molar-refractivity contribution < 1.29 is 4.79 Å². The van der Waals surface area contributed by atoms with Crippen LogP contribution < -0.4 is 5.69 Å². The highest BCUT2D eigenvalue weighted by molar-refractivity contribution is 9.10. The Morgan fingerprint density at radius 2 is 2.00 bits per heavy atom. The summed E-state index contributed by atoms with van der Waals surface area (Å²) in [6.45, 7) is 0. The molecule has 0 fully saturated rings. The van der Waals surface area contributed by atoms with Crippen molar-refractivity contribution >= 4 is 27.4 Å². The van der Waals surface area contributed by atoms with Crippen LogP contribution in [0.5, 0.6) is 0 Å². The first kappa shape index (κ1) is 11.9. The lowest BCUT2D eigenvalue weighted by Gasteiger charge is -1.94. The van der Waals surface area contributed by atoms with Crippen LogP contribution >= 0.6 is 15.9 Å². The Labute approximate surface area is 116 Å². The maximum atomic E-state index is 12.2. The van der Waals surface area contributed by atoms with Gasteiger partial charge in [-0.1, -0.05) is 30.3 Å². The Morgan fingerprint density at radius 3 is 2.68 bits per heavy atom. The Kier molecular flexibility index (Phi) is 2.79. The summed E-state index contributed by atoms with van der Waals surface area (Å²) in [5.74, 6) is -0.212. The summed E-state index contributed by atoms with van der Waals surface area (Å²) in [4.78, 5) is 30.6. The molecular weight excluding hydrogens is 310 g/mol. The van der Waals surface area contributed by atoms with E-state index in [-0.39, 0.29) is 17.2 Å². The Morgan fingerprint density at radius 1 is 1.26 bits per heavy atom. The van der Waals surface area contributed by atoms with E-state index in [2.05, 4.69) is 25.9 Å². The summed E-state index contributed by atoms with van der Waals surface area (Å²) < 4.78 is 1.93. The number of hydrogen-bond acceptors (Lipinski definition) is 3. The van der Waals surface area contributed by atoms with Gasteiger partial charge < -0.3 is 4.98 Å². The number of aromatic nitrogens is 3. The van der Waals surface area contributed by atoms with Crippen LogP contribution in [0.1, 0.15) is 16.1 Å². The zero-order valence-corrected chi connectivity index (χ0v) is 11.2. The van der Waals surface area contributed by atoms with E-state index in [0.29, 0.717) is 15.7 Å². The van der Waals surface area contributed by atoms with Gasteiger partial charge in [-0.2, -0.15) is 0 Å². The topological polar surface area (TPSA) is 67.2 Å². The number of benzene rings is 1. The third-order valence-corrected chi connectivity index (χ3v) is 3.31. The molecule has 3 rings (SSSR count). The SMILES string of the molecule is O=C(c1ccccc1)c1cn2c(=O)[nH]cc(Br)c2n1. The third-order valence-electron chi connectivity index (χ3n) is 2.73. The van der Waals surface area contributed by atoms with Crippen LogP contribution in [0.3, 0.4) is 0 Å². The molecule has 0 saturated carbocycles. The van der Waals surface area contributed by atoms with E-state index in [1.807, 2.05) is 6.07 Å². The molecule has 0 atom stereocenters. The van der Waals surface area contributed by atoms with Crippen molar-refractivity contribution in [2.24, 2.45) is 0 Å². The van der Waals surface area contributed by atoms with Crippen molar-refractivity contribution in [1.82, 2.24) is 14.4 Å². The molecule has 1 aromatic carbocycles. The minimum Gasteiger partial charge on any atom is -0.313 e. The molecule has 5 nitrogen and oxygen atoms in total. The number of hydrogen-bond donors (Lipinski definition) is 1.